The molecule has 0 atom stereocenters. The van der Waals surface area contributed by atoms with Crippen molar-refractivity contribution in [1.82, 2.24) is 0 Å². The highest BCUT2D eigenvalue weighted by Gasteiger charge is 2.12. The molecule has 1 amide bonds. The van der Waals surface area contributed by atoms with E-state index in [1.165, 1.54) is 19.1 Å². The highest BCUT2D eigenvalue weighted by Crippen LogP contribution is 2.35. The van der Waals surface area contributed by atoms with E-state index in [0.29, 0.717) is 28.6 Å². The molecule has 6 heteroatoms. The molecule has 1 heterocycles. The van der Waals surface area contributed by atoms with Crippen LogP contribution in [0, 0.1) is 0 Å². The number of nitrogens with one attached hydrogen (secondary N) is 1. The van der Waals surface area contributed by atoms with Crippen LogP contribution < -0.4 is 14.8 Å². The number of aryl methyl sites for hydroxylation is 1. The molecule has 0 aliphatic carbocycles. The number of ether oxygens (including phenoxy) is 2. The predicted molar refractivity (Wildman–Crippen MR) is 90.4 cm³/mol. The molecule has 4 nitrogen and oxygen atoms in total. The number of hydrogen-bond acceptors (Lipinski definition) is 4. The van der Waals surface area contributed by atoms with Crippen LogP contribution in [0.2, 0.25) is 5.02 Å². The van der Waals surface area contributed by atoms with Crippen LogP contribution in [0.4, 0.5) is 5.69 Å². The van der Waals surface area contributed by atoms with Crippen LogP contribution in [0.25, 0.3) is 0 Å². The molecule has 0 fully saturated rings. The van der Waals surface area contributed by atoms with E-state index in [0.717, 1.165) is 12.8 Å². The number of benzene rings is 1. The van der Waals surface area contributed by atoms with Crippen LogP contribution in [0.15, 0.2) is 29.6 Å². The Morgan fingerprint density at radius 3 is 2.68 bits per heavy atom. The van der Waals surface area contributed by atoms with Gasteiger partial charge in [0.25, 0.3) is 0 Å². The second-order valence-electron chi connectivity index (χ2n) is 4.67. The Morgan fingerprint density at radius 1 is 1.27 bits per heavy atom. The van der Waals surface area contributed by atoms with Crippen LogP contribution in [-0.2, 0) is 11.2 Å². The second-order valence-corrected chi connectivity index (χ2v) is 6.11. The maximum Gasteiger partial charge on any atom is 0.224 e. The fourth-order valence-corrected chi connectivity index (χ4v) is 3.04. The van der Waals surface area contributed by atoms with E-state index in [1.807, 2.05) is 11.4 Å². The van der Waals surface area contributed by atoms with Gasteiger partial charge >= 0.3 is 0 Å². The fourth-order valence-electron chi connectivity index (χ4n) is 2.05. The van der Waals surface area contributed by atoms with Gasteiger partial charge in [0.05, 0.1) is 24.9 Å². The maximum absolute atomic E-state index is 12.0. The van der Waals surface area contributed by atoms with Crippen molar-refractivity contribution in [2.75, 3.05) is 19.5 Å². The van der Waals surface area contributed by atoms with E-state index < -0.39 is 0 Å². The number of methoxy groups -OCH3 is 2. The van der Waals surface area contributed by atoms with Gasteiger partial charge in [-0.2, -0.15) is 0 Å². The van der Waals surface area contributed by atoms with Gasteiger partial charge in [-0.1, -0.05) is 17.7 Å². The lowest BCUT2D eigenvalue weighted by molar-refractivity contribution is -0.116. The molecule has 0 spiro atoms. The summed E-state index contributed by atoms with van der Waals surface area (Å²) in [7, 11) is 3.07. The zero-order valence-corrected chi connectivity index (χ0v) is 14.1. The van der Waals surface area contributed by atoms with E-state index in [-0.39, 0.29) is 5.91 Å². The summed E-state index contributed by atoms with van der Waals surface area (Å²) in [4.78, 5) is 13.3. The van der Waals surface area contributed by atoms with Gasteiger partial charge < -0.3 is 14.8 Å². The van der Waals surface area contributed by atoms with Crippen LogP contribution in [0.3, 0.4) is 0 Å². The molecule has 0 radical (unpaired) electrons. The van der Waals surface area contributed by atoms with Crippen molar-refractivity contribution in [1.29, 1.82) is 0 Å². The monoisotopic (exact) mass is 339 g/mol. The number of carbonyl (C=O) groups excluding carboxylic acids is 1. The molecular weight excluding hydrogens is 322 g/mol. The molecule has 1 aromatic heterocycles. The average Bonchev–Trinajstić information content (AvgIpc) is 3.01. The number of rotatable bonds is 7. The molecule has 0 bridgehead atoms. The summed E-state index contributed by atoms with van der Waals surface area (Å²) >= 11 is 7.79. The SMILES string of the molecule is COc1cc(OC)c(NC(=O)CCCc2cccs2)cc1Cl. The summed E-state index contributed by atoms with van der Waals surface area (Å²) in [5.74, 6) is 0.971. The average molecular weight is 340 g/mol. The molecule has 0 aliphatic heterocycles. The number of halogens is 1. The summed E-state index contributed by atoms with van der Waals surface area (Å²) in [5, 5.41) is 5.30. The lowest BCUT2D eigenvalue weighted by Crippen LogP contribution is -2.12. The lowest BCUT2D eigenvalue weighted by atomic mass is 10.2. The van der Waals surface area contributed by atoms with Gasteiger partial charge in [-0.15, -0.1) is 11.3 Å². The summed E-state index contributed by atoms with van der Waals surface area (Å²) in [6.45, 7) is 0. The first-order chi connectivity index (χ1) is 10.6. The standard InChI is InChI=1S/C16H18ClNO3S/c1-20-14-10-15(21-2)13(9-12(14)17)18-16(19)7-3-5-11-6-4-8-22-11/h4,6,8-10H,3,5,7H2,1-2H3,(H,18,19). The Balaban J connectivity index is 1.94. The molecule has 0 saturated heterocycles. The first-order valence-corrected chi connectivity index (χ1v) is 8.13. The van der Waals surface area contributed by atoms with Gasteiger partial charge in [-0.25, -0.2) is 0 Å². The van der Waals surface area contributed by atoms with Gasteiger partial charge in [0.15, 0.2) is 0 Å². The molecule has 0 saturated carbocycles. The summed E-state index contributed by atoms with van der Waals surface area (Å²) in [6, 6.07) is 7.39. The van der Waals surface area contributed by atoms with Crippen molar-refractivity contribution in [3.8, 4) is 11.5 Å². The van der Waals surface area contributed by atoms with E-state index >= 15 is 0 Å². The van der Waals surface area contributed by atoms with E-state index in [4.69, 9.17) is 21.1 Å². The van der Waals surface area contributed by atoms with Gasteiger partial charge in [-0.3, -0.25) is 4.79 Å². The smallest absolute Gasteiger partial charge is 0.224 e. The first-order valence-electron chi connectivity index (χ1n) is 6.87. The Bertz CT molecular complexity index is 629. The minimum atomic E-state index is -0.0592. The van der Waals surface area contributed by atoms with E-state index in [2.05, 4.69) is 11.4 Å². The van der Waals surface area contributed by atoms with Crippen molar-refractivity contribution in [3.05, 3.63) is 39.5 Å². The minimum Gasteiger partial charge on any atom is -0.495 e. The Labute approximate surface area is 139 Å². The second kappa shape index (κ2) is 8.06. The Kier molecular flexibility index (Phi) is 6.10. The molecule has 118 valence electrons. The number of carbonyl (C=O) groups is 1. The number of amides is 1. The van der Waals surface area contributed by atoms with Crippen LogP contribution in [0.5, 0.6) is 11.5 Å². The molecule has 0 unspecified atom stereocenters. The lowest BCUT2D eigenvalue weighted by Gasteiger charge is -2.13. The van der Waals surface area contributed by atoms with E-state index in [1.54, 1.807) is 23.5 Å². The Hall–Kier alpha value is -1.72. The summed E-state index contributed by atoms with van der Waals surface area (Å²) < 4.78 is 10.4. The number of hydrogen-bond donors (Lipinski definition) is 1. The largest absolute Gasteiger partial charge is 0.495 e. The van der Waals surface area contributed by atoms with Crippen molar-refractivity contribution >= 4 is 34.5 Å². The third-order valence-corrected chi connectivity index (χ3v) is 4.39. The van der Waals surface area contributed by atoms with Crippen molar-refractivity contribution in [3.63, 3.8) is 0 Å². The molecule has 1 aromatic carbocycles. The zero-order valence-electron chi connectivity index (χ0n) is 12.5. The van der Waals surface area contributed by atoms with Crippen molar-refractivity contribution in [2.45, 2.75) is 19.3 Å². The highest BCUT2D eigenvalue weighted by molar-refractivity contribution is 7.09. The quantitative estimate of drug-likeness (QED) is 0.814. The van der Waals surface area contributed by atoms with Gasteiger partial charge in [0, 0.05) is 17.4 Å². The van der Waals surface area contributed by atoms with Crippen LogP contribution in [0.1, 0.15) is 17.7 Å². The molecule has 2 aromatic rings. The molecule has 2 rings (SSSR count). The minimum absolute atomic E-state index is 0.0592. The normalized spacial score (nSPS) is 10.3. The van der Waals surface area contributed by atoms with Gasteiger partial charge in [0.1, 0.15) is 11.5 Å². The topological polar surface area (TPSA) is 47.6 Å². The number of anilines is 1. The maximum atomic E-state index is 12.0. The molecule has 22 heavy (non-hydrogen) atoms. The predicted octanol–water partition coefficient (Wildman–Crippen LogP) is 4.38. The van der Waals surface area contributed by atoms with Crippen molar-refractivity contribution < 1.29 is 14.3 Å². The van der Waals surface area contributed by atoms with Crippen molar-refractivity contribution in [2.24, 2.45) is 0 Å². The molecule has 1 N–H and O–H groups in total. The molecule has 0 aliphatic rings. The number of thiophene rings is 1. The van der Waals surface area contributed by atoms with Gasteiger partial charge in [0.2, 0.25) is 5.91 Å². The molecular formula is C16H18ClNO3S. The zero-order chi connectivity index (χ0) is 15.9. The summed E-state index contributed by atoms with van der Waals surface area (Å²) in [5.41, 5.74) is 0.550. The Morgan fingerprint density at radius 2 is 2.05 bits per heavy atom. The van der Waals surface area contributed by atoms with E-state index in [9.17, 15) is 4.79 Å². The fraction of sp³-hybridized carbons (Fsp3) is 0.312. The first kappa shape index (κ1) is 16.6. The summed E-state index contributed by atoms with van der Waals surface area (Å²) in [6.07, 6.45) is 2.16. The third-order valence-electron chi connectivity index (χ3n) is 3.16. The van der Waals surface area contributed by atoms with Crippen LogP contribution >= 0.6 is 22.9 Å². The van der Waals surface area contributed by atoms with Gasteiger partial charge in [-0.05, 0) is 30.4 Å². The van der Waals surface area contributed by atoms with Crippen LogP contribution in [-0.4, -0.2) is 20.1 Å². The highest BCUT2D eigenvalue weighted by atomic mass is 35.5. The third kappa shape index (κ3) is 4.39.